The number of carbonyl (C=O) groups excluding carboxylic acids is 1. The van der Waals surface area contributed by atoms with Gasteiger partial charge in [-0.3, -0.25) is 4.79 Å². The first kappa shape index (κ1) is 15.7. The molecule has 0 aromatic heterocycles. The number of hydrogen-bond acceptors (Lipinski definition) is 2. The molecule has 0 unspecified atom stereocenters. The highest BCUT2D eigenvalue weighted by atomic mass is 79.9. The Balaban J connectivity index is 2.14. The molecule has 0 saturated carbocycles. The van der Waals surface area contributed by atoms with Gasteiger partial charge in [-0.15, -0.1) is 0 Å². The minimum atomic E-state index is -0.542. The van der Waals surface area contributed by atoms with Crippen molar-refractivity contribution in [2.75, 3.05) is 11.9 Å². The van der Waals surface area contributed by atoms with Crippen molar-refractivity contribution in [3.05, 3.63) is 63.9 Å². The lowest BCUT2D eigenvalue weighted by Crippen LogP contribution is -2.15. The van der Waals surface area contributed by atoms with Crippen LogP contribution >= 0.6 is 15.9 Å². The van der Waals surface area contributed by atoms with Crippen LogP contribution in [0.25, 0.3) is 0 Å². The van der Waals surface area contributed by atoms with Crippen LogP contribution in [0.15, 0.2) is 46.9 Å². The Labute approximate surface area is 131 Å². The summed E-state index contributed by atoms with van der Waals surface area (Å²) in [7, 11) is 0. The van der Waals surface area contributed by atoms with Gasteiger partial charge in [-0.05, 0) is 42.4 Å². The predicted octanol–water partition coefficient (Wildman–Crippen LogP) is 3.95. The molecule has 110 valence electrons. The number of nitrogens with one attached hydrogen (secondary N) is 2. The van der Waals surface area contributed by atoms with Crippen LogP contribution < -0.4 is 10.6 Å². The third kappa shape index (κ3) is 4.37. The highest BCUT2D eigenvalue weighted by molar-refractivity contribution is 9.10. The van der Waals surface area contributed by atoms with Gasteiger partial charge in [0.25, 0.3) is 5.91 Å². The van der Waals surface area contributed by atoms with Crippen molar-refractivity contribution >= 4 is 27.5 Å². The Morgan fingerprint density at radius 1 is 1.24 bits per heavy atom. The molecule has 0 saturated heterocycles. The second-order valence-electron chi connectivity index (χ2n) is 4.56. The van der Waals surface area contributed by atoms with E-state index in [1.807, 2.05) is 25.1 Å². The van der Waals surface area contributed by atoms with Crippen molar-refractivity contribution in [2.24, 2.45) is 0 Å². The highest BCUT2D eigenvalue weighted by Gasteiger charge is 2.12. The quantitative estimate of drug-likeness (QED) is 0.857. The topological polar surface area (TPSA) is 41.1 Å². The second kappa shape index (κ2) is 7.33. The third-order valence-electron chi connectivity index (χ3n) is 2.94. The molecule has 0 aliphatic rings. The zero-order chi connectivity index (χ0) is 15.2. The first-order valence-corrected chi connectivity index (χ1v) is 7.45. The van der Waals surface area contributed by atoms with E-state index >= 15 is 0 Å². The number of halogens is 2. The summed E-state index contributed by atoms with van der Waals surface area (Å²) in [5, 5.41) is 5.93. The van der Waals surface area contributed by atoms with Gasteiger partial charge in [0, 0.05) is 16.7 Å². The average Bonchev–Trinajstić information content (AvgIpc) is 2.48. The maximum Gasteiger partial charge on any atom is 0.258 e. The third-order valence-corrected chi connectivity index (χ3v) is 3.43. The van der Waals surface area contributed by atoms with E-state index in [1.165, 1.54) is 12.1 Å². The molecule has 0 aliphatic carbocycles. The summed E-state index contributed by atoms with van der Waals surface area (Å²) in [6.07, 6.45) is 0. The van der Waals surface area contributed by atoms with Crippen molar-refractivity contribution < 1.29 is 9.18 Å². The van der Waals surface area contributed by atoms with Gasteiger partial charge in [0.2, 0.25) is 0 Å². The number of rotatable bonds is 5. The average molecular weight is 351 g/mol. The molecule has 0 atom stereocenters. The monoisotopic (exact) mass is 350 g/mol. The predicted molar refractivity (Wildman–Crippen MR) is 85.9 cm³/mol. The number of amides is 1. The molecule has 5 heteroatoms. The van der Waals surface area contributed by atoms with Crippen LogP contribution in [0.2, 0.25) is 0 Å². The standard InChI is InChI=1S/C16H16BrFN2O/c1-2-19-10-11-4-3-5-13(8-11)20-16(21)14-9-12(17)6-7-15(14)18/h3-9,19H,2,10H2,1H3,(H,20,21). The molecule has 1 amide bonds. The highest BCUT2D eigenvalue weighted by Crippen LogP contribution is 2.18. The fourth-order valence-electron chi connectivity index (χ4n) is 1.90. The van der Waals surface area contributed by atoms with Crippen molar-refractivity contribution in [1.29, 1.82) is 0 Å². The molecule has 0 heterocycles. The Bertz CT molecular complexity index is 646. The fourth-order valence-corrected chi connectivity index (χ4v) is 2.26. The maximum atomic E-state index is 13.7. The number of anilines is 1. The number of hydrogen-bond donors (Lipinski definition) is 2. The molecule has 0 fully saturated rings. The van der Waals surface area contributed by atoms with Crippen LogP contribution in [0.5, 0.6) is 0 Å². The van der Waals surface area contributed by atoms with Crippen molar-refractivity contribution in [2.45, 2.75) is 13.5 Å². The van der Waals surface area contributed by atoms with Gasteiger partial charge < -0.3 is 10.6 Å². The summed E-state index contributed by atoms with van der Waals surface area (Å²) >= 11 is 3.24. The maximum absolute atomic E-state index is 13.7. The van der Waals surface area contributed by atoms with E-state index in [0.29, 0.717) is 10.2 Å². The van der Waals surface area contributed by atoms with E-state index in [4.69, 9.17) is 0 Å². The molecule has 3 nitrogen and oxygen atoms in total. The van der Waals surface area contributed by atoms with Crippen molar-refractivity contribution in [1.82, 2.24) is 5.32 Å². The van der Waals surface area contributed by atoms with Crippen LogP contribution in [0.4, 0.5) is 10.1 Å². The smallest absolute Gasteiger partial charge is 0.258 e. The molecule has 2 aromatic rings. The largest absolute Gasteiger partial charge is 0.322 e. The van der Waals surface area contributed by atoms with Crippen molar-refractivity contribution in [3.8, 4) is 0 Å². The van der Waals surface area contributed by atoms with Crippen LogP contribution in [0, 0.1) is 5.82 Å². The normalized spacial score (nSPS) is 10.4. The lowest BCUT2D eigenvalue weighted by Gasteiger charge is -2.09. The van der Waals surface area contributed by atoms with Gasteiger partial charge in [0.05, 0.1) is 5.56 Å². The number of carbonyl (C=O) groups is 1. The van der Waals surface area contributed by atoms with Crippen LogP contribution in [-0.2, 0) is 6.54 Å². The summed E-state index contributed by atoms with van der Waals surface area (Å²) in [5.74, 6) is -1.01. The lowest BCUT2D eigenvalue weighted by molar-refractivity contribution is 0.102. The Hall–Kier alpha value is -1.72. The van der Waals surface area contributed by atoms with E-state index in [0.717, 1.165) is 18.7 Å². The Morgan fingerprint density at radius 3 is 2.81 bits per heavy atom. The van der Waals surface area contributed by atoms with Crippen LogP contribution in [0.1, 0.15) is 22.8 Å². The van der Waals surface area contributed by atoms with Crippen molar-refractivity contribution in [3.63, 3.8) is 0 Å². The molecule has 0 aliphatic heterocycles. The van der Waals surface area contributed by atoms with Gasteiger partial charge in [-0.2, -0.15) is 0 Å². The summed E-state index contributed by atoms with van der Waals surface area (Å²) in [6, 6.07) is 11.8. The summed E-state index contributed by atoms with van der Waals surface area (Å²) < 4.78 is 14.3. The SMILES string of the molecule is CCNCc1cccc(NC(=O)c2cc(Br)ccc2F)c1. The lowest BCUT2D eigenvalue weighted by atomic mass is 10.1. The number of benzene rings is 2. The first-order valence-electron chi connectivity index (χ1n) is 6.66. The zero-order valence-corrected chi connectivity index (χ0v) is 13.2. The van der Waals surface area contributed by atoms with Gasteiger partial charge in [-0.1, -0.05) is 35.0 Å². The minimum absolute atomic E-state index is 0.0152. The van der Waals surface area contributed by atoms with Crippen LogP contribution in [-0.4, -0.2) is 12.5 Å². The van der Waals surface area contributed by atoms with Gasteiger partial charge >= 0.3 is 0 Å². The van der Waals surface area contributed by atoms with E-state index in [2.05, 4.69) is 26.6 Å². The molecular weight excluding hydrogens is 335 g/mol. The van der Waals surface area contributed by atoms with E-state index in [9.17, 15) is 9.18 Å². The summed E-state index contributed by atoms with van der Waals surface area (Å²) in [5.41, 5.74) is 1.72. The van der Waals surface area contributed by atoms with E-state index in [-0.39, 0.29) is 5.56 Å². The van der Waals surface area contributed by atoms with Gasteiger partial charge in [0.15, 0.2) is 0 Å². The van der Waals surface area contributed by atoms with E-state index < -0.39 is 11.7 Å². The molecule has 2 rings (SSSR count). The van der Waals surface area contributed by atoms with E-state index in [1.54, 1.807) is 12.1 Å². The first-order chi connectivity index (χ1) is 10.1. The summed E-state index contributed by atoms with van der Waals surface area (Å²) in [6.45, 7) is 3.63. The van der Waals surface area contributed by atoms with Crippen LogP contribution in [0.3, 0.4) is 0 Å². The second-order valence-corrected chi connectivity index (χ2v) is 5.47. The summed E-state index contributed by atoms with van der Waals surface area (Å²) in [4.78, 5) is 12.1. The van der Waals surface area contributed by atoms with Gasteiger partial charge in [0.1, 0.15) is 5.82 Å². The minimum Gasteiger partial charge on any atom is -0.322 e. The molecule has 2 aromatic carbocycles. The Kier molecular flexibility index (Phi) is 5.47. The molecule has 0 bridgehead atoms. The molecule has 0 spiro atoms. The Morgan fingerprint density at radius 2 is 2.05 bits per heavy atom. The molecule has 21 heavy (non-hydrogen) atoms. The fraction of sp³-hybridized carbons (Fsp3) is 0.188. The molecular formula is C16H16BrFN2O. The molecule has 2 N–H and O–H groups in total. The van der Waals surface area contributed by atoms with Gasteiger partial charge in [-0.25, -0.2) is 4.39 Å². The molecule has 0 radical (unpaired) electrons. The zero-order valence-electron chi connectivity index (χ0n) is 11.6.